The lowest BCUT2D eigenvalue weighted by Crippen LogP contribution is -2.36. The minimum Gasteiger partial charge on any atom is -0.497 e. The molecule has 1 aliphatic heterocycles. The third-order valence-electron chi connectivity index (χ3n) is 5.36. The van der Waals surface area contributed by atoms with Gasteiger partial charge in [-0.2, -0.15) is 0 Å². The molecule has 1 aromatic rings. The molecule has 2 amide bonds. The second-order valence-corrected chi connectivity index (χ2v) is 8.00. The van der Waals surface area contributed by atoms with Crippen molar-refractivity contribution in [2.24, 2.45) is 11.8 Å². The summed E-state index contributed by atoms with van der Waals surface area (Å²) in [5.41, 5.74) is 0.953. The summed E-state index contributed by atoms with van der Waals surface area (Å²) in [5.74, 6) is 1.52. The molecular weight excluding hydrogens is 344 g/mol. The Kier molecular flexibility index (Phi) is 5.92. The molecule has 2 fully saturated rings. The number of carbonyl (C=O) groups is 2. The minimum absolute atomic E-state index is 0.0419. The highest BCUT2D eigenvalue weighted by Gasteiger charge is 2.42. The van der Waals surface area contributed by atoms with Gasteiger partial charge in [0.1, 0.15) is 11.5 Å². The third-order valence-corrected chi connectivity index (χ3v) is 5.36. The van der Waals surface area contributed by atoms with Gasteiger partial charge in [0.15, 0.2) is 0 Å². The summed E-state index contributed by atoms with van der Waals surface area (Å²) in [5, 5.41) is 3.11. The van der Waals surface area contributed by atoms with Crippen LogP contribution >= 0.6 is 0 Å². The molecule has 2 aliphatic rings. The number of hydrogen-bond acceptors (Lipinski definition) is 4. The van der Waals surface area contributed by atoms with Gasteiger partial charge in [0.2, 0.25) is 11.8 Å². The molecule has 0 bridgehead atoms. The van der Waals surface area contributed by atoms with Crippen molar-refractivity contribution in [2.75, 3.05) is 27.3 Å². The van der Waals surface area contributed by atoms with Gasteiger partial charge in [0.25, 0.3) is 0 Å². The highest BCUT2D eigenvalue weighted by Crippen LogP contribution is 2.40. The van der Waals surface area contributed by atoms with Crippen LogP contribution < -0.4 is 14.8 Å². The number of rotatable bonds is 7. The zero-order chi connectivity index (χ0) is 19.6. The number of likely N-dealkylation sites (tertiary alicyclic amines) is 1. The van der Waals surface area contributed by atoms with Crippen molar-refractivity contribution < 1.29 is 19.1 Å². The molecule has 148 valence electrons. The van der Waals surface area contributed by atoms with Crippen LogP contribution in [0.15, 0.2) is 18.2 Å². The van der Waals surface area contributed by atoms with Crippen LogP contribution in [0.25, 0.3) is 0 Å². The third kappa shape index (κ3) is 4.54. The molecule has 6 heteroatoms. The van der Waals surface area contributed by atoms with E-state index in [2.05, 4.69) is 5.32 Å². The Morgan fingerprint density at radius 2 is 1.93 bits per heavy atom. The van der Waals surface area contributed by atoms with Crippen molar-refractivity contribution in [1.29, 1.82) is 0 Å². The van der Waals surface area contributed by atoms with Crippen molar-refractivity contribution in [1.82, 2.24) is 10.2 Å². The maximum atomic E-state index is 12.9. The molecule has 2 atom stereocenters. The highest BCUT2D eigenvalue weighted by molar-refractivity contribution is 5.84. The predicted octanol–water partition coefficient (Wildman–Crippen LogP) is 2.57. The fourth-order valence-corrected chi connectivity index (χ4v) is 3.73. The highest BCUT2D eigenvalue weighted by atomic mass is 16.5. The molecule has 6 nitrogen and oxygen atoms in total. The van der Waals surface area contributed by atoms with Gasteiger partial charge >= 0.3 is 0 Å². The largest absolute Gasteiger partial charge is 0.497 e. The summed E-state index contributed by atoms with van der Waals surface area (Å²) in [4.78, 5) is 27.3. The van der Waals surface area contributed by atoms with Gasteiger partial charge in [-0.15, -0.1) is 0 Å². The van der Waals surface area contributed by atoms with Crippen molar-refractivity contribution in [3.8, 4) is 11.5 Å². The van der Waals surface area contributed by atoms with Gasteiger partial charge in [-0.3, -0.25) is 9.59 Å². The molecule has 3 rings (SSSR count). The standard InChI is InChI=1S/C21H30N2O4/c1-13(2)9-20(24)23-11-17(18(12-23)21(25)22-14-5-6-14)16-8-7-15(26-3)10-19(16)27-4/h7-8,10,13-14,17-18H,5-6,9,11-12H2,1-4H3,(H,22,25). The first-order valence-corrected chi connectivity index (χ1v) is 9.73. The Morgan fingerprint density at radius 3 is 2.52 bits per heavy atom. The van der Waals surface area contributed by atoms with Crippen molar-refractivity contribution in [2.45, 2.75) is 45.1 Å². The first kappa shape index (κ1) is 19.5. The molecule has 1 aliphatic carbocycles. The number of nitrogens with zero attached hydrogens (tertiary/aromatic N) is 1. The van der Waals surface area contributed by atoms with Gasteiger partial charge < -0.3 is 19.7 Å². The van der Waals surface area contributed by atoms with E-state index in [9.17, 15) is 9.59 Å². The molecule has 0 aromatic heterocycles. The molecule has 27 heavy (non-hydrogen) atoms. The quantitative estimate of drug-likeness (QED) is 0.797. The van der Waals surface area contributed by atoms with E-state index >= 15 is 0 Å². The van der Waals surface area contributed by atoms with Crippen molar-refractivity contribution in [3.63, 3.8) is 0 Å². The van der Waals surface area contributed by atoms with Crippen LogP contribution in [0, 0.1) is 11.8 Å². The van der Waals surface area contributed by atoms with Gasteiger partial charge in [-0.05, 0) is 24.8 Å². The maximum Gasteiger partial charge on any atom is 0.225 e. The second kappa shape index (κ2) is 8.19. The molecule has 0 spiro atoms. The molecule has 1 aromatic carbocycles. The Hall–Kier alpha value is -2.24. The summed E-state index contributed by atoms with van der Waals surface area (Å²) in [6.45, 7) is 5.07. The number of amides is 2. The van der Waals surface area contributed by atoms with Crippen molar-refractivity contribution >= 4 is 11.8 Å². The molecule has 1 heterocycles. The van der Waals surface area contributed by atoms with Crippen LogP contribution in [0.4, 0.5) is 0 Å². The minimum atomic E-state index is -0.260. The number of hydrogen-bond donors (Lipinski definition) is 1. The van der Waals surface area contributed by atoms with Gasteiger partial charge in [0.05, 0.1) is 20.1 Å². The summed E-state index contributed by atoms with van der Waals surface area (Å²) >= 11 is 0. The number of nitrogens with one attached hydrogen (secondary N) is 1. The number of benzene rings is 1. The molecule has 0 radical (unpaired) electrons. The molecule has 2 unspecified atom stereocenters. The van der Waals surface area contributed by atoms with Crippen LogP contribution in [-0.4, -0.2) is 50.1 Å². The zero-order valence-corrected chi connectivity index (χ0v) is 16.7. The topological polar surface area (TPSA) is 67.9 Å². The van der Waals surface area contributed by atoms with E-state index < -0.39 is 0 Å². The van der Waals surface area contributed by atoms with E-state index in [1.54, 1.807) is 14.2 Å². The lowest BCUT2D eigenvalue weighted by molar-refractivity contribution is -0.131. The maximum absolute atomic E-state index is 12.9. The van der Waals surface area contributed by atoms with E-state index in [1.807, 2.05) is 36.9 Å². The number of ether oxygens (including phenoxy) is 2. The normalized spacial score (nSPS) is 22.0. The average Bonchev–Trinajstić information content (AvgIpc) is 3.34. The molecular formula is C21H30N2O4. The Balaban J connectivity index is 1.86. The van der Waals surface area contributed by atoms with E-state index in [0.717, 1.165) is 18.4 Å². The fraction of sp³-hybridized carbons (Fsp3) is 0.619. The Labute approximate surface area is 161 Å². The second-order valence-electron chi connectivity index (χ2n) is 8.00. The van der Waals surface area contributed by atoms with Crippen LogP contribution in [-0.2, 0) is 9.59 Å². The summed E-state index contributed by atoms with van der Waals surface area (Å²) in [7, 11) is 3.23. The Morgan fingerprint density at radius 1 is 1.19 bits per heavy atom. The van der Waals surface area contributed by atoms with Crippen LogP contribution in [0.5, 0.6) is 11.5 Å². The van der Waals surface area contributed by atoms with E-state index in [-0.39, 0.29) is 23.7 Å². The number of carbonyl (C=O) groups excluding carboxylic acids is 2. The molecule has 1 saturated heterocycles. The first-order chi connectivity index (χ1) is 12.9. The Bertz CT molecular complexity index is 699. The monoisotopic (exact) mass is 374 g/mol. The fourth-order valence-electron chi connectivity index (χ4n) is 3.73. The van der Waals surface area contributed by atoms with Gasteiger partial charge in [0, 0.05) is 43.1 Å². The van der Waals surface area contributed by atoms with Crippen LogP contribution in [0.3, 0.4) is 0 Å². The first-order valence-electron chi connectivity index (χ1n) is 9.73. The average molecular weight is 374 g/mol. The predicted molar refractivity (Wildman–Crippen MR) is 103 cm³/mol. The summed E-state index contributed by atoms with van der Waals surface area (Å²) in [6, 6.07) is 5.98. The van der Waals surface area contributed by atoms with Gasteiger partial charge in [-0.1, -0.05) is 19.9 Å². The van der Waals surface area contributed by atoms with E-state index in [0.29, 0.717) is 43.0 Å². The lowest BCUT2D eigenvalue weighted by Gasteiger charge is -2.21. The lowest BCUT2D eigenvalue weighted by atomic mass is 9.87. The SMILES string of the molecule is COc1ccc(C2CN(C(=O)CC(C)C)CC2C(=O)NC2CC2)c(OC)c1. The zero-order valence-electron chi connectivity index (χ0n) is 16.7. The van der Waals surface area contributed by atoms with E-state index in [1.165, 1.54) is 0 Å². The van der Waals surface area contributed by atoms with Gasteiger partial charge in [-0.25, -0.2) is 0 Å². The number of methoxy groups -OCH3 is 2. The summed E-state index contributed by atoms with van der Waals surface area (Å²) < 4.78 is 10.9. The van der Waals surface area contributed by atoms with Crippen LogP contribution in [0.1, 0.15) is 44.6 Å². The van der Waals surface area contributed by atoms with Crippen molar-refractivity contribution in [3.05, 3.63) is 23.8 Å². The smallest absolute Gasteiger partial charge is 0.225 e. The van der Waals surface area contributed by atoms with Crippen LogP contribution in [0.2, 0.25) is 0 Å². The summed E-state index contributed by atoms with van der Waals surface area (Å²) in [6.07, 6.45) is 2.60. The molecule has 1 N–H and O–H groups in total. The molecule has 1 saturated carbocycles. The van der Waals surface area contributed by atoms with E-state index in [4.69, 9.17) is 9.47 Å².